The van der Waals surface area contributed by atoms with Gasteiger partial charge in [-0.1, -0.05) is 36.4 Å². The van der Waals surface area contributed by atoms with Gasteiger partial charge in [-0.25, -0.2) is 8.78 Å². The number of benzene rings is 2. The Labute approximate surface area is 146 Å². The monoisotopic (exact) mass is 344 g/mol. The van der Waals surface area contributed by atoms with E-state index in [0.29, 0.717) is 25.6 Å². The summed E-state index contributed by atoms with van der Waals surface area (Å²) in [5.41, 5.74) is 1.21. The fraction of sp³-hybridized carbons (Fsp3) is 0.316. The Balaban J connectivity index is 1.56. The van der Waals surface area contributed by atoms with Crippen LogP contribution in [0, 0.1) is 11.6 Å². The van der Waals surface area contributed by atoms with E-state index in [9.17, 15) is 8.78 Å². The molecule has 0 bridgehead atoms. The molecule has 4 nitrogen and oxygen atoms in total. The van der Waals surface area contributed by atoms with Crippen molar-refractivity contribution in [2.45, 2.75) is 19.0 Å². The van der Waals surface area contributed by atoms with Crippen molar-refractivity contribution in [1.82, 2.24) is 10.6 Å². The zero-order chi connectivity index (χ0) is 17.6. The molecule has 2 aromatic rings. The number of halogens is 2. The van der Waals surface area contributed by atoms with Crippen LogP contribution in [0.2, 0.25) is 0 Å². The fourth-order valence-corrected chi connectivity index (χ4v) is 3.04. The van der Waals surface area contributed by atoms with Crippen LogP contribution in [-0.4, -0.2) is 32.1 Å². The van der Waals surface area contributed by atoms with Crippen molar-refractivity contribution in [3.05, 3.63) is 65.7 Å². The van der Waals surface area contributed by atoms with Crippen LogP contribution in [0.4, 0.5) is 14.5 Å². The molecule has 1 aliphatic rings. The number of guanidine groups is 1. The second-order valence-electron chi connectivity index (χ2n) is 6.06. The Morgan fingerprint density at radius 3 is 2.52 bits per heavy atom. The molecule has 1 atom stereocenters. The minimum atomic E-state index is -0.521. The fourth-order valence-electron chi connectivity index (χ4n) is 3.04. The number of aliphatic imine (C=N–C) groups is 1. The molecule has 25 heavy (non-hydrogen) atoms. The Morgan fingerprint density at radius 1 is 1.12 bits per heavy atom. The summed E-state index contributed by atoms with van der Waals surface area (Å²) < 4.78 is 27.9. The standard InChI is InChI=1S/C19H22F2N4/c1-22-19(23-12-14-6-3-2-4-7-14)24-15-10-11-25(13-15)18-16(20)8-5-9-17(18)21/h2-9,15H,10-13H2,1H3,(H2,22,23,24). The molecular weight excluding hydrogens is 322 g/mol. The van der Waals surface area contributed by atoms with Crippen molar-refractivity contribution in [3.63, 3.8) is 0 Å². The van der Waals surface area contributed by atoms with Crippen LogP contribution in [-0.2, 0) is 6.54 Å². The average molecular weight is 344 g/mol. The van der Waals surface area contributed by atoms with E-state index in [0.717, 1.165) is 12.0 Å². The predicted octanol–water partition coefficient (Wildman–Crippen LogP) is 2.91. The highest BCUT2D eigenvalue weighted by atomic mass is 19.1. The van der Waals surface area contributed by atoms with E-state index < -0.39 is 11.6 Å². The summed E-state index contributed by atoms with van der Waals surface area (Å²) >= 11 is 0. The molecule has 0 amide bonds. The highest BCUT2D eigenvalue weighted by Crippen LogP contribution is 2.26. The van der Waals surface area contributed by atoms with E-state index in [4.69, 9.17) is 0 Å². The van der Waals surface area contributed by atoms with Gasteiger partial charge in [0.05, 0.1) is 0 Å². The quantitative estimate of drug-likeness (QED) is 0.662. The van der Waals surface area contributed by atoms with Gasteiger partial charge >= 0.3 is 0 Å². The Bertz CT molecular complexity index is 713. The number of nitrogens with one attached hydrogen (secondary N) is 2. The largest absolute Gasteiger partial charge is 0.365 e. The highest BCUT2D eigenvalue weighted by molar-refractivity contribution is 5.80. The molecule has 132 valence electrons. The lowest BCUT2D eigenvalue weighted by molar-refractivity contribution is 0.576. The molecule has 0 aliphatic carbocycles. The first-order valence-electron chi connectivity index (χ1n) is 8.37. The second-order valence-corrected chi connectivity index (χ2v) is 6.06. The van der Waals surface area contributed by atoms with Gasteiger partial charge in [0, 0.05) is 32.7 Å². The van der Waals surface area contributed by atoms with Gasteiger partial charge in [-0.3, -0.25) is 4.99 Å². The maximum Gasteiger partial charge on any atom is 0.191 e. The summed E-state index contributed by atoms with van der Waals surface area (Å²) in [7, 11) is 1.71. The zero-order valence-corrected chi connectivity index (χ0v) is 14.2. The van der Waals surface area contributed by atoms with Crippen LogP contribution >= 0.6 is 0 Å². The van der Waals surface area contributed by atoms with Gasteiger partial charge in [-0.2, -0.15) is 0 Å². The van der Waals surface area contributed by atoms with Crippen LogP contribution in [0.3, 0.4) is 0 Å². The summed E-state index contributed by atoms with van der Waals surface area (Å²) in [4.78, 5) is 5.97. The third-order valence-electron chi connectivity index (χ3n) is 4.31. The Hall–Kier alpha value is -2.63. The van der Waals surface area contributed by atoms with Crippen molar-refractivity contribution in [3.8, 4) is 0 Å². The summed E-state index contributed by atoms with van der Waals surface area (Å²) in [5, 5.41) is 6.59. The SMILES string of the molecule is CN=C(NCc1ccccc1)NC1CCN(c2c(F)cccc2F)C1. The Morgan fingerprint density at radius 2 is 1.84 bits per heavy atom. The lowest BCUT2D eigenvalue weighted by Crippen LogP contribution is -2.44. The molecule has 0 saturated carbocycles. The van der Waals surface area contributed by atoms with E-state index in [-0.39, 0.29) is 11.7 Å². The van der Waals surface area contributed by atoms with Crippen molar-refractivity contribution >= 4 is 11.6 Å². The first kappa shape index (κ1) is 17.2. The van der Waals surface area contributed by atoms with Gasteiger partial charge in [0.1, 0.15) is 17.3 Å². The summed E-state index contributed by atoms with van der Waals surface area (Å²) in [6.45, 7) is 1.80. The molecule has 0 radical (unpaired) electrons. The number of para-hydroxylation sites is 1. The van der Waals surface area contributed by atoms with Crippen LogP contribution in [0.1, 0.15) is 12.0 Å². The molecule has 2 N–H and O–H groups in total. The number of hydrogen-bond acceptors (Lipinski definition) is 2. The molecule has 0 spiro atoms. The zero-order valence-electron chi connectivity index (χ0n) is 14.2. The topological polar surface area (TPSA) is 39.7 Å². The maximum absolute atomic E-state index is 13.9. The van der Waals surface area contributed by atoms with E-state index in [1.165, 1.54) is 18.2 Å². The van der Waals surface area contributed by atoms with Gasteiger partial charge < -0.3 is 15.5 Å². The van der Waals surface area contributed by atoms with Crippen molar-refractivity contribution < 1.29 is 8.78 Å². The van der Waals surface area contributed by atoms with E-state index in [1.54, 1.807) is 11.9 Å². The number of anilines is 1. The predicted molar refractivity (Wildman–Crippen MR) is 96.8 cm³/mol. The van der Waals surface area contributed by atoms with Gasteiger partial charge in [-0.05, 0) is 24.1 Å². The van der Waals surface area contributed by atoms with Gasteiger partial charge in [-0.15, -0.1) is 0 Å². The van der Waals surface area contributed by atoms with Crippen LogP contribution < -0.4 is 15.5 Å². The third-order valence-corrected chi connectivity index (χ3v) is 4.31. The van der Waals surface area contributed by atoms with Crippen LogP contribution in [0.15, 0.2) is 53.5 Å². The molecule has 2 aromatic carbocycles. The number of nitrogens with zero attached hydrogens (tertiary/aromatic N) is 2. The number of rotatable bonds is 4. The third kappa shape index (κ3) is 4.26. The Kier molecular flexibility index (Phi) is 5.48. The highest BCUT2D eigenvalue weighted by Gasteiger charge is 2.27. The lowest BCUT2D eigenvalue weighted by atomic mass is 10.2. The first-order valence-corrected chi connectivity index (χ1v) is 8.37. The second kappa shape index (κ2) is 7.96. The van der Waals surface area contributed by atoms with Crippen molar-refractivity contribution in [2.24, 2.45) is 4.99 Å². The summed E-state index contributed by atoms with van der Waals surface area (Å²) in [5.74, 6) is -0.357. The molecule has 0 aromatic heterocycles. The van der Waals surface area contributed by atoms with Gasteiger partial charge in [0.2, 0.25) is 0 Å². The molecule has 1 aliphatic heterocycles. The van der Waals surface area contributed by atoms with E-state index in [1.807, 2.05) is 30.3 Å². The smallest absolute Gasteiger partial charge is 0.191 e. The molecule has 6 heteroatoms. The normalized spacial score (nSPS) is 17.6. The lowest BCUT2D eigenvalue weighted by Gasteiger charge is -2.21. The van der Waals surface area contributed by atoms with Crippen LogP contribution in [0.5, 0.6) is 0 Å². The summed E-state index contributed by atoms with van der Waals surface area (Å²) in [6.07, 6.45) is 0.791. The molecule has 1 saturated heterocycles. The average Bonchev–Trinajstić information content (AvgIpc) is 3.07. The minimum Gasteiger partial charge on any atom is -0.365 e. The minimum absolute atomic E-state index is 0.0547. The molecular formula is C19H22F2N4. The maximum atomic E-state index is 13.9. The van der Waals surface area contributed by atoms with Gasteiger partial charge in [0.15, 0.2) is 5.96 Å². The molecule has 1 unspecified atom stereocenters. The van der Waals surface area contributed by atoms with E-state index in [2.05, 4.69) is 15.6 Å². The summed E-state index contributed by atoms with van der Waals surface area (Å²) in [6, 6.07) is 14.1. The molecule has 1 fully saturated rings. The van der Waals surface area contributed by atoms with E-state index >= 15 is 0 Å². The van der Waals surface area contributed by atoms with Gasteiger partial charge in [0.25, 0.3) is 0 Å². The number of hydrogen-bond donors (Lipinski definition) is 2. The first-order chi connectivity index (χ1) is 12.2. The van der Waals surface area contributed by atoms with Crippen LogP contribution in [0.25, 0.3) is 0 Å². The molecule has 3 rings (SSSR count). The van der Waals surface area contributed by atoms with Crippen molar-refractivity contribution in [2.75, 3.05) is 25.0 Å². The molecule has 1 heterocycles. The van der Waals surface area contributed by atoms with Crippen molar-refractivity contribution in [1.29, 1.82) is 0 Å².